The highest BCUT2D eigenvalue weighted by atomic mass is 31.2. The zero-order valence-corrected chi connectivity index (χ0v) is 21.5. The van der Waals surface area contributed by atoms with Crippen molar-refractivity contribution >= 4 is 19.5 Å². The van der Waals surface area contributed by atoms with Gasteiger partial charge < -0.3 is 20.6 Å². The van der Waals surface area contributed by atoms with E-state index in [1.807, 2.05) is 60.7 Å². The Hall–Kier alpha value is -2.51. The highest BCUT2D eigenvalue weighted by molar-refractivity contribution is 7.52. The van der Waals surface area contributed by atoms with Gasteiger partial charge >= 0.3 is 13.6 Å². The van der Waals surface area contributed by atoms with E-state index in [0.29, 0.717) is 25.8 Å². The first kappa shape index (κ1) is 28.1. The smallest absolute Gasteiger partial charge is 0.328 e. The average molecular weight is 517 g/mol. The number of nitrogens with two attached hydrogens (primary N) is 1. The molecule has 1 aliphatic heterocycles. The van der Waals surface area contributed by atoms with Crippen LogP contribution in [0.5, 0.6) is 0 Å². The second-order valence-corrected chi connectivity index (χ2v) is 11.3. The van der Waals surface area contributed by atoms with Crippen LogP contribution in [0, 0.1) is 0 Å². The minimum atomic E-state index is -4.06. The van der Waals surface area contributed by atoms with Crippen molar-refractivity contribution in [2.45, 2.75) is 63.0 Å². The molecule has 1 amide bonds. The van der Waals surface area contributed by atoms with Crippen LogP contribution in [0.25, 0.3) is 0 Å². The molecule has 4 atom stereocenters. The van der Waals surface area contributed by atoms with Gasteiger partial charge in [0, 0.05) is 12.5 Å². The van der Waals surface area contributed by atoms with Gasteiger partial charge in [0.1, 0.15) is 12.1 Å². The van der Waals surface area contributed by atoms with Crippen LogP contribution in [0.3, 0.4) is 0 Å². The number of carbonyl (C=O) groups excluding carboxylic acids is 1. The molecule has 4 N–H and O–H groups in total. The molecule has 2 aromatic rings. The average Bonchev–Trinajstić information content (AvgIpc) is 3.33. The predicted molar refractivity (Wildman–Crippen MR) is 139 cm³/mol. The third-order valence-electron chi connectivity index (χ3n) is 6.63. The third kappa shape index (κ3) is 8.27. The van der Waals surface area contributed by atoms with Crippen molar-refractivity contribution in [1.82, 2.24) is 4.90 Å². The second kappa shape index (κ2) is 13.7. The summed E-state index contributed by atoms with van der Waals surface area (Å²) in [5.74, 6) is -1.76. The highest BCUT2D eigenvalue weighted by Gasteiger charge is 2.43. The maximum atomic E-state index is 13.5. The molecule has 1 heterocycles. The maximum Gasteiger partial charge on any atom is 0.328 e. The number of nitrogens with zero attached hydrogens (tertiary/aromatic N) is 1. The van der Waals surface area contributed by atoms with Crippen LogP contribution in [0.1, 0.15) is 55.6 Å². The molecule has 1 aliphatic rings. The first-order valence-electron chi connectivity index (χ1n) is 12.6. The van der Waals surface area contributed by atoms with Crippen molar-refractivity contribution in [2.75, 3.05) is 19.3 Å². The molecule has 8 nitrogen and oxygen atoms in total. The van der Waals surface area contributed by atoms with Crippen molar-refractivity contribution in [3.8, 4) is 0 Å². The summed E-state index contributed by atoms with van der Waals surface area (Å²) in [6.45, 7) is 0.651. The van der Waals surface area contributed by atoms with E-state index in [4.69, 9.17) is 10.3 Å². The van der Waals surface area contributed by atoms with Gasteiger partial charge in [-0.25, -0.2) is 4.79 Å². The number of carbonyl (C=O) groups is 2. The lowest BCUT2D eigenvalue weighted by Crippen LogP contribution is -2.46. The lowest BCUT2D eigenvalue weighted by molar-refractivity contribution is -0.151. The van der Waals surface area contributed by atoms with Gasteiger partial charge in [-0.3, -0.25) is 13.9 Å². The molecule has 1 fully saturated rings. The van der Waals surface area contributed by atoms with Gasteiger partial charge in [-0.05, 0) is 62.6 Å². The lowest BCUT2D eigenvalue weighted by Gasteiger charge is -2.28. The van der Waals surface area contributed by atoms with Gasteiger partial charge in [-0.2, -0.15) is 0 Å². The molecule has 3 rings (SSSR count). The number of aryl methyl sites for hydroxylation is 1. The quantitative estimate of drug-likeness (QED) is 0.254. The van der Waals surface area contributed by atoms with Crippen molar-refractivity contribution in [2.24, 2.45) is 5.73 Å². The molecule has 0 aliphatic carbocycles. The Morgan fingerprint density at radius 3 is 2.33 bits per heavy atom. The highest BCUT2D eigenvalue weighted by Crippen LogP contribution is 2.46. The Kier molecular flexibility index (Phi) is 10.7. The summed E-state index contributed by atoms with van der Waals surface area (Å²) in [6, 6.07) is 18.4. The fourth-order valence-corrected chi connectivity index (χ4v) is 6.02. The van der Waals surface area contributed by atoms with Gasteiger partial charge in [0.05, 0.1) is 6.16 Å². The van der Waals surface area contributed by atoms with Crippen molar-refractivity contribution < 1.29 is 28.7 Å². The number of benzene rings is 2. The molecule has 0 spiro atoms. The number of carboxylic acid groups (broad SMARTS) is 1. The largest absolute Gasteiger partial charge is 0.480 e. The van der Waals surface area contributed by atoms with Crippen molar-refractivity contribution in [3.05, 3.63) is 71.8 Å². The lowest BCUT2D eigenvalue weighted by atomic mass is 9.96. The molecule has 9 heteroatoms. The van der Waals surface area contributed by atoms with E-state index in [0.717, 1.165) is 24.0 Å². The molecular formula is C27H37N2O6P. The van der Waals surface area contributed by atoms with Crippen LogP contribution in [0.2, 0.25) is 0 Å². The van der Waals surface area contributed by atoms with Gasteiger partial charge in [0.25, 0.3) is 5.91 Å². The van der Waals surface area contributed by atoms with Gasteiger partial charge in [0.2, 0.25) is 0 Å². The Morgan fingerprint density at radius 1 is 1.03 bits per heavy atom. The molecule has 2 aromatic carbocycles. The monoisotopic (exact) mass is 516 g/mol. The number of hydrogen-bond acceptors (Lipinski definition) is 5. The van der Waals surface area contributed by atoms with E-state index in [2.05, 4.69) is 0 Å². The predicted octanol–water partition coefficient (Wildman–Crippen LogP) is 4.18. The fourth-order valence-electron chi connectivity index (χ4n) is 4.70. The molecule has 36 heavy (non-hydrogen) atoms. The standard InChI is InChI=1S/C27H37N2O6P/c28-17-9-7-16-25(35-36(33,34)18-10-8-13-21-11-3-1-4-12-21)26(30)29-20-23(19-24(29)27(31)32)22-14-5-2-6-15-22/h1-6,11-12,14-15,23-25H,7-10,13,16-20,28H2,(H,31,32)(H,33,34)/t23-,24+,25+/m1/s1. The summed E-state index contributed by atoms with van der Waals surface area (Å²) in [6.07, 6.45) is 2.41. The molecule has 0 radical (unpaired) electrons. The Bertz CT molecular complexity index is 1020. The van der Waals surface area contributed by atoms with E-state index in [-0.39, 0.29) is 31.5 Å². The first-order chi connectivity index (χ1) is 17.3. The van der Waals surface area contributed by atoms with Crippen LogP contribution < -0.4 is 5.73 Å². The normalized spacial score (nSPS) is 20.1. The number of likely N-dealkylation sites (tertiary alicyclic amines) is 1. The van der Waals surface area contributed by atoms with Gasteiger partial charge in [0.15, 0.2) is 0 Å². The summed E-state index contributed by atoms with van der Waals surface area (Å²) in [5, 5.41) is 9.81. The summed E-state index contributed by atoms with van der Waals surface area (Å²) in [5.41, 5.74) is 7.71. The minimum Gasteiger partial charge on any atom is -0.480 e. The Morgan fingerprint density at radius 2 is 1.69 bits per heavy atom. The van der Waals surface area contributed by atoms with Crippen molar-refractivity contribution in [3.63, 3.8) is 0 Å². The molecular weight excluding hydrogens is 479 g/mol. The van der Waals surface area contributed by atoms with E-state index >= 15 is 0 Å². The van der Waals surface area contributed by atoms with E-state index in [1.165, 1.54) is 4.90 Å². The van der Waals surface area contributed by atoms with Crippen LogP contribution in [0.15, 0.2) is 60.7 Å². The Balaban J connectivity index is 1.65. The van der Waals surface area contributed by atoms with Crippen molar-refractivity contribution in [1.29, 1.82) is 0 Å². The van der Waals surface area contributed by atoms with Gasteiger partial charge in [-0.1, -0.05) is 60.7 Å². The number of unbranched alkanes of at least 4 members (excludes halogenated alkanes) is 2. The molecule has 0 saturated carbocycles. The maximum absolute atomic E-state index is 13.5. The summed E-state index contributed by atoms with van der Waals surface area (Å²) < 4.78 is 18.5. The molecule has 1 saturated heterocycles. The van der Waals surface area contributed by atoms with E-state index in [9.17, 15) is 24.2 Å². The second-order valence-electron chi connectivity index (χ2n) is 9.37. The number of carboxylic acids is 1. The minimum absolute atomic E-state index is 0.0600. The summed E-state index contributed by atoms with van der Waals surface area (Å²) in [4.78, 5) is 37.4. The van der Waals surface area contributed by atoms with E-state index < -0.39 is 31.6 Å². The molecule has 0 bridgehead atoms. The first-order valence-corrected chi connectivity index (χ1v) is 14.4. The van der Waals surface area contributed by atoms with E-state index in [1.54, 1.807) is 0 Å². The number of amides is 1. The summed E-state index contributed by atoms with van der Waals surface area (Å²) >= 11 is 0. The zero-order chi connectivity index (χ0) is 26.0. The zero-order valence-electron chi connectivity index (χ0n) is 20.6. The summed E-state index contributed by atoms with van der Waals surface area (Å²) in [7, 11) is -4.06. The fraction of sp³-hybridized carbons (Fsp3) is 0.481. The SMILES string of the molecule is NCCCC[C@H](OP(=O)(O)CCCCc1ccccc1)C(=O)N1C[C@H](c2ccccc2)C[C@H]1C(=O)O. The number of rotatable bonds is 14. The topological polar surface area (TPSA) is 130 Å². The molecule has 196 valence electrons. The number of hydrogen-bond donors (Lipinski definition) is 3. The van der Waals surface area contributed by atoms with Gasteiger partial charge in [-0.15, -0.1) is 0 Å². The Labute approximate surface area is 213 Å². The molecule has 0 aromatic heterocycles. The van der Waals surface area contributed by atoms with Crippen LogP contribution in [0.4, 0.5) is 0 Å². The molecule has 1 unspecified atom stereocenters. The third-order valence-corrected chi connectivity index (χ3v) is 8.09. The van der Waals surface area contributed by atoms with Crippen LogP contribution >= 0.6 is 7.60 Å². The van der Waals surface area contributed by atoms with Crippen LogP contribution in [-0.4, -0.2) is 58.2 Å². The van der Waals surface area contributed by atoms with Crippen LogP contribution in [-0.2, 0) is 25.1 Å². The number of aliphatic carboxylic acids is 1.